The Morgan fingerprint density at radius 3 is 0.750 bits per heavy atom. The van der Waals surface area contributed by atoms with Crippen LogP contribution in [0.25, 0.3) is 0 Å². The number of fused-ring (bicyclic) bond motifs is 2. The maximum absolute atomic E-state index is 13.0. The minimum Gasteiger partial charge on any atom is -0.465 e. The zero-order chi connectivity index (χ0) is 39.8. The number of unbranched alkanes of at least 4 members (excludes halogenated alkanes) is 21. The number of esters is 4. The number of carbonyl (C=O) groups is 4. The van der Waals surface area contributed by atoms with Crippen LogP contribution in [0.3, 0.4) is 0 Å². The highest BCUT2D eigenvalue weighted by molar-refractivity contribution is 5.83. The van der Waals surface area contributed by atoms with Crippen molar-refractivity contribution in [3.05, 3.63) is 0 Å². The summed E-state index contributed by atoms with van der Waals surface area (Å²) >= 11 is 0. The standard InChI is InChI=1S/C46H78O10/c1-3-5-7-9-11-13-15-19-23-27-51-43(47)35-31-39-41(55-39)33-37(35)45(49)53-29-25-21-17-18-22-26-30-54-46(50)38-34-42-40(56-42)32-36(38)44(48)52-28-24-20-16-14-12-10-8-6-4-2/h35-42H,3-34H2,1-2H3. The number of epoxide rings is 2. The van der Waals surface area contributed by atoms with E-state index in [-0.39, 0.29) is 48.3 Å². The molecule has 2 aliphatic heterocycles. The summed E-state index contributed by atoms with van der Waals surface area (Å²) in [4.78, 5) is 52.0. The van der Waals surface area contributed by atoms with E-state index >= 15 is 0 Å². The minimum absolute atomic E-state index is 0.0626. The molecular weight excluding hydrogens is 712 g/mol. The Balaban J connectivity index is 0.990. The largest absolute Gasteiger partial charge is 0.465 e. The highest BCUT2D eigenvalue weighted by atomic mass is 16.6. The van der Waals surface area contributed by atoms with Gasteiger partial charge in [-0.15, -0.1) is 0 Å². The number of rotatable bonds is 33. The van der Waals surface area contributed by atoms with E-state index < -0.39 is 23.7 Å². The molecule has 0 N–H and O–H groups in total. The van der Waals surface area contributed by atoms with Gasteiger partial charge in [0.25, 0.3) is 0 Å². The van der Waals surface area contributed by atoms with Crippen LogP contribution in [0, 0.1) is 23.7 Å². The Morgan fingerprint density at radius 1 is 0.339 bits per heavy atom. The molecule has 8 unspecified atom stereocenters. The van der Waals surface area contributed by atoms with Gasteiger partial charge in [-0.25, -0.2) is 0 Å². The van der Waals surface area contributed by atoms with E-state index in [1.54, 1.807) is 0 Å². The van der Waals surface area contributed by atoms with Gasteiger partial charge in [-0.1, -0.05) is 142 Å². The van der Waals surface area contributed by atoms with E-state index in [2.05, 4.69) is 13.8 Å². The number of hydrogen-bond donors (Lipinski definition) is 0. The quantitative estimate of drug-likeness (QED) is 0.0274. The van der Waals surface area contributed by atoms with Crippen LogP contribution < -0.4 is 0 Å². The van der Waals surface area contributed by atoms with Crippen LogP contribution in [0.4, 0.5) is 0 Å². The molecule has 4 fully saturated rings. The molecule has 0 spiro atoms. The molecule has 2 saturated heterocycles. The third-order valence-electron chi connectivity index (χ3n) is 12.5. The summed E-state index contributed by atoms with van der Waals surface area (Å²) in [7, 11) is 0. The summed E-state index contributed by atoms with van der Waals surface area (Å²) in [6.45, 7) is 5.99. The zero-order valence-corrected chi connectivity index (χ0v) is 35.3. The van der Waals surface area contributed by atoms with Gasteiger partial charge < -0.3 is 28.4 Å². The predicted molar refractivity (Wildman–Crippen MR) is 216 cm³/mol. The van der Waals surface area contributed by atoms with Crippen molar-refractivity contribution in [1.29, 1.82) is 0 Å². The van der Waals surface area contributed by atoms with Crippen molar-refractivity contribution in [3.8, 4) is 0 Å². The minimum atomic E-state index is -0.491. The Hall–Kier alpha value is -2.20. The molecule has 10 heteroatoms. The van der Waals surface area contributed by atoms with Crippen LogP contribution in [-0.4, -0.2) is 74.7 Å². The van der Waals surface area contributed by atoms with Crippen molar-refractivity contribution in [2.75, 3.05) is 26.4 Å². The maximum atomic E-state index is 13.0. The molecule has 4 aliphatic rings. The van der Waals surface area contributed by atoms with Crippen molar-refractivity contribution < 1.29 is 47.6 Å². The van der Waals surface area contributed by atoms with Crippen molar-refractivity contribution in [2.45, 2.75) is 218 Å². The van der Waals surface area contributed by atoms with Gasteiger partial charge >= 0.3 is 23.9 Å². The second-order valence-corrected chi connectivity index (χ2v) is 17.2. The van der Waals surface area contributed by atoms with Crippen molar-refractivity contribution in [3.63, 3.8) is 0 Å². The van der Waals surface area contributed by atoms with Crippen LogP contribution in [0.2, 0.25) is 0 Å². The van der Waals surface area contributed by atoms with Crippen LogP contribution in [0.15, 0.2) is 0 Å². The van der Waals surface area contributed by atoms with E-state index in [0.29, 0.717) is 52.1 Å². The van der Waals surface area contributed by atoms with Gasteiger partial charge in [-0.3, -0.25) is 19.2 Å². The molecule has 322 valence electrons. The van der Waals surface area contributed by atoms with Crippen molar-refractivity contribution >= 4 is 23.9 Å². The fraction of sp³-hybridized carbons (Fsp3) is 0.913. The maximum Gasteiger partial charge on any atom is 0.309 e. The fourth-order valence-corrected chi connectivity index (χ4v) is 8.74. The number of carbonyl (C=O) groups excluding carboxylic acids is 4. The molecule has 2 heterocycles. The van der Waals surface area contributed by atoms with Gasteiger partial charge in [-0.05, 0) is 51.4 Å². The first-order chi connectivity index (χ1) is 27.4. The van der Waals surface area contributed by atoms with E-state index in [1.165, 1.54) is 89.9 Å². The smallest absolute Gasteiger partial charge is 0.309 e. The first-order valence-corrected chi connectivity index (χ1v) is 23.4. The molecule has 0 aromatic carbocycles. The molecule has 8 atom stereocenters. The van der Waals surface area contributed by atoms with Gasteiger partial charge in [0.2, 0.25) is 0 Å². The Kier molecular flexibility index (Phi) is 22.8. The lowest BCUT2D eigenvalue weighted by Gasteiger charge is -2.26. The summed E-state index contributed by atoms with van der Waals surface area (Å²) in [5, 5.41) is 0. The second-order valence-electron chi connectivity index (χ2n) is 17.2. The average Bonchev–Trinajstić information content (AvgIpc) is 4.14. The Morgan fingerprint density at radius 2 is 0.536 bits per heavy atom. The lowest BCUT2D eigenvalue weighted by molar-refractivity contribution is -0.162. The van der Waals surface area contributed by atoms with Crippen LogP contribution >= 0.6 is 0 Å². The van der Waals surface area contributed by atoms with E-state index in [1.807, 2.05) is 0 Å². The third-order valence-corrected chi connectivity index (χ3v) is 12.5. The molecule has 4 rings (SSSR count). The molecule has 56 heavy (non-hydrogen) atoms. The predicted octanol–water partition coefficient (Wildman–Crippen LogP) is 10.1. The zero-order valence-electron chi connectivity index (χ0n) is 35.3. The monoisotopic (exact) mass is 791 g/mol. The summed E-state index contributed by atoms with van der Waals surface area (Å²) < 4.78 is 33.9. The van der Waals surface area contributed by atoms with Gasteiger partial charge in [0.05, 0.1) is 74.5 Å². The molecular formula is C46H78O10. The summed E-state index contributed by atoms with van der Waals surface area (Å²) in [5.41, 5.74) is 0. The molecule has 0 aromatic heterocycles. The number of ether oxygens (including phenoxy) is 6. The van der Waals surface area contributed by atoms with Gasteiger partial charge in [0, 0.05) is 0 Å². The Bertz CT molecular complexity index is 1040. The van der Waals surface area contributed by atoms with Crippen LogP contribution in [0.5, 0.6) is 0 Å². The SMILES string of the molecule is CCCCCCCCCCCOC(=O)C1CC2OC2CC1C(=O)OCCCCCCCCOC(=O)C1CC2OC2CC1C(=O)OCCCCCCCCCCC. The third kappa shape index (κ3) is 17.7. The van der Waals surface area contributed by atoms with E-state index in [9.17, 15) is 19.2 Å². The molecule has 0 aromatic rings. The summed E-state index contributed by atoms with van der Waals surface area (Å²) in [6, 6.07) is 0. The summed E-state index contributed by atoms with van der Waals surface area (Å²) in [5.74, 6) is -3.11. The van der Waals surface area contributed by atoms with Crippen molar-refractivity contribution in [2.24, 2.45) is 23.7 Å². The van der Waals surface area contributed by atoms with Crippen LogP contribution in [-0.2, 0) is 47.6 Å². The highest BCUT2D eigenvalue weighted by Crippen LogP contribution is 2.45. The van der Waals surface area contributed by atoms with E-state index in [4.69, 9.17) is 28.4 Å². The average molecular weight is 791 g/mol. The molecule has 10 nitrogen and oxygen atoms in total. The molecule has 2 aliphatic carbocycles. The molecule has 0 amide bonds. The lowest BCUT2D eigenvalue weighted by atomic mass is 9.79. The molecule has 2 saturated carbocycles. The first kappa shape index (κ1) is 46.5. The first-order valence-electron chi connectivity index (χ1n) is 23.4. The second kappa shape index (κ2) is 27.5. The van der Waals surface area contributed by atoms with Gasteiger partial charge in [-0.2, -0.15) is 0 Å². The topological polar surface area (TPSA) is 130 Å². The Labute approximate surface area is 338 Å². The molecule has 0 radical (unpaired) electrons. The van der Waals surface area contributed by atoms with E-state index in [0.717, 1.165) is 64.2 Å². The van der Waals surface area contributed by atoms with Crippen molar-refractivity contribution in [1.82, 2.24) is 0 Å². The highest BCUT2D eigenvalue weighted by Gasteiger charge is 2.54. The fourth-order valence-electron chi connectivity index (χ4n) is 8.74. The lowest BCUT2D eigenvalue weighted by Crippen LogP contribution is -2.37. The molecule has 0 bridgehead atoms. The number of hydrogen-bond acceptors (Lipinski definition) is 10. The van der Waals surface area contributed by atoms with Crippen LogP contribution in [0.1, 0.15) is 194 Å². The van der Waals surface area contributed by atoms with Gasteiger partial charge in [0.15, 0.2) is 0 Å². The normalized spacial score (nSPS) is 26.1. The van der Waals surface area contributed by atoms with Gasteiger partial charge in [0.1, 0.15) is 0 Å². The summed E-state index contributed by atoms with van der Waals surface area (Å²) in [6.07, 6.45) is 29.5.